The van der Waals surface area contributed by atoms with Gasteiger partial charge in [-0.25, -0.2) is 4.79 Å². The largest absolute Gasteiger partial charge is 0.495 e. The fourth-order valence-electron chi connectivity index (χ4n) is 5.01. The Morgan fingerprint density at radius 2 is 1.54 bits per heavy atom. The molecule has 1 aliphatic heterocycles. The lowest BCUT2D eigenvalue weighted by molar-refractivity contribution is 0.0952. The van der Waals surface area contributed by atoms with Gasteiger partial charge in [0.05, 0.1) is 18.4 Å². The molecule has 9 heteroatoms. The molecule has 4 rings (SSSR count). The summed E-state index contributed by atoms with van der Waals surface area (Å²) < 4.78 is 5.57. The smallest absolute Gasteiger partial charge is 0.323 e. The van der Waals surface area contributed by atoms with Crippen LogP contribution in [0.3, 0.4) is 0 Å². The predicted molar refractivity (Wildman–Crippen MR) is 168 cm³/mol. The number of piperazine rings is 1. The number of carbonyl (C=O) groups is 2. The number of nitrogens with one attached hydrogen (secondary N) is 3. The number of methoxy groups -OCH3 is 1. The van der Waals surface area contributed by atoms with Crippen molar-refractivity contribution in [3.05, 3.63) is 77.9 Å². The molecule has 3 amide bonds. The maximum atomic E-state index is 13.4. The summed E-state index contributed by atoms with van der Waals surface area (Å²) in [4.78, 5) is 32.9. The van der Waals surface area contributed by atoms with Crippen LogP contribution in [0.5, 0.6) is 5.75 Å². The number of ether oxygens (including phenoxy) is 1. The first-order valence-electron chi connectivity index (χ1n) is 14.2. The number of para-hydroxylation sites is 2. The number of amides is 3. The first-order chi connectivity index (χ1) is 19.9. The minimum atomic E-state index is -0.353. The Morgan fingerprint density at radius 1 is 0.854 bits per heavy atom. The maximum Gasteiger partial charge on any atom is 0.323 e. The van der Waals surface area contributed by atoms with Gasteiger partial charge in [-0.3, -0.25) is 4.79 Å². The maximum absolute atomic E-state index is 13.4. The first kappa shape index (κ1) is 29.7. The minimum absolute atomic E-state index is 0.148. The van der Waals surface area contributed by atoms with E-state index in [2.05, 4.69) is 43.6 Å². The van der Waals surface area contributed by atoms with Crippen molar-refractivity contribution < 1.29 is 14.3 Å². The standard InChI is InChI=1S/C32H42N6O3/c1-5-24-10-8-11-25(22-24)34-32(40)35-26-14-15-28(27(23-26)31(39)33-16-9-17-36(2)3)37-18-20-38(21-19-37)29-12-6-7-13-30(29)41-4/h6-8,10-15,22-23H,5,9,16-21H2,1-4H3,(H,33,39)(H2,34,35,40). The Labute approximate surface area is 243 Å². The van der Waals surface area contributed by atoms with Crippen molar-refractivity contribution in [2.24, 2.45) is 0 Å². The normalized spacial score (nSPS) is 13.2. The average Bonchev–Trinajstić information content (AvgIpc) is 2.99. The third-order valence-corrected chi connectivity index (χ3v) is 7.21. The van der Waals surface area contributed by atoms with Gasteiger partial charge in [0, 0.05) is 49.8 Å². The summed E-state index contributed by atoms with van der Waals surface area (Å²) >= 11 is 0. The van der Waals surface area contributed by atoms with Gasteiger partial charge in [-0.15, -0.1) is 0 Å². The van der Waals surface area contributed by atoms with Crippen molar-refractivity contribution >= 4 is 34.7 Å². The van der Waals surface area contributed by atoms with Crippen LogP contribution in [0.15, 0.2) is 66.7 Å². The molecular formula is C32H42N6O3. The van der Waals surface area contributed by atoms with E-state index in [1.165, 1.54) is 0 Å². The molecule has 0 unspecified atom stereocenters. The average molecular weight is 559 g/mol. The van der Waals surface area contributed by atoms with E-state index in [4.69, 9.17) is 4.74 Å². The Morgan fingerprint density at radius 3 is 2.22 bits per heavy atom. The molecule has 1 fully saturated rings. The number of aryl methyl sites for hydroxylation is 1. The Kier molecular flexibility index (Phi) is 10.5. The van der Waals surface area contributed by atoms with Gasteiger partial charge in [-0.05, 0) is 81.5 Å². The summed E-state index contributed by atoms with van der Waals surface area (Å²) in [5.41, 5.74) is 4.91. The van der Waals surface area contributed by atoms with Crippen molar-refractivity contribution in [2.45, 2.75) is 19.8 Å². The van der Waals surface area contributed by atoms with Gasteiger partial charge in [-0.2, -0.15) is 0 Å². The number of carbonyl (C=O) groups excluding carboxylic acids is 2. The molecular weight excluding hydrogens is 516 g/mol. The van der Waals surface area contributed by atoms with Crippen LogP contribution in [0.4, 0.5) is 27.5 Å². The van der Waals surface area contributed by atoms with Crippen molar-refractivity contribution in [1.29, 1.82) is 0 Å². The van der Waals surface area contributed by atoms with Crippen LogP contribution >= 0.6 is 0 Å². The fourth-order valence-corrected chi connectivity index (χ4v) is 5.01. The number of nitrogens with zero attached hydrogens (tertiary/aromatic N) is 3. The Balaban J connectivity index is 1.49. The number of hydrogen-bond donors (Lipinski definition) is 3. The van der Waals surface area contributed by atoms with E-state index < -0.39 is 0 Å². The molecule has 218 valence electrons. The monoisotopic (exact) mass is 558 g/mol. The molecule has 0 aromatic heterocycles. The van der Waals surface area contributed by atoms with Gasteiger partial charge < -0.3 is 35.4 Å². The second kappa shape index (κ2) is 14.4. The van der Waals surface area contributed by atoms with Crippen LogP contribution in [0.2, 0.25) is 0 Å². The van der Waals surface area contributed by atoms with Crippen LogP contribution in [0.1, 0.15) is 29.3 Å². The second-order valence-electron chi connectivity index (χ2n) is 10.4. The van der Waals surface area contributed by atoms with Crippen molar-refractivity contribution in [3.63, 3.8) is 0 Å². The minimum Gasteiger partial charge on any atom is -0.495 e. The molecule has 3 aromatic rings. The number of rotatable bonds is 11. The van der Waals surface area contributed by atoms with Crippen LogP contribution in [0, 0.1) is 0 Å². The van der Waals surface area contributed by atoms with Gasteiger partial charge in [0.25, 0.3) is 5.91 Å². The van der Waals surface area contributed by atoms with E-state index in [0.717, 1.165) is 73.9 Å². The molecule has 0 atom stereocenters. The molecule has 0 aliphatic carbocycles. The van der Waals surface area contributed by atoms with E-state index in [9.17, 15) is 9.59 Å². The molecule has 0 radical (unpaired) electrons. The van der Waals surface area contributed by atoms with Crippen LogP contribution < -0.4 is 30.5 Å². The Hall–Kier alpha value is -4.24. The van der Waals surface area contributed by atoms with Gasteiger partial charge in [0.2, 0.25) is 0 Å². The lowest BCUT2D eigenvalue weighted by Crippen LogP contribution is -2.47. The summed E-state index contributed by atoms with van der Waals surface area (Å²) in [6.07, 6.45) is 1.74. The lowest BCUT2D eigenvalue weighted by Gasteiger charge is -2.38. The van der Waals surface area contributed by atoms with Crippen LogP contribution in [0.25, 0.3) is 0 Å². The third-order valence-electron chi connectivity index (χ3n) is 7.21. The topological polar surface area (TPSA) is 89.2 Å². The highest BCUT2D eigenvalue weighted by molar-refractivity contribution is 6.04. The fraction of sp³-hybridized carbons (Fsp3) is 0.375. The van der Waals surface area contributed by atoms with E-state index in [-0.39, 0.29) is 11.9 Å². The molecule has 1 heterocycles. The summed E-state index contributed by atoms with van der Waals surface area (Å²) in [5.74, 6) is 0.708. The zero-order valence-electron chi connectivity index (χ0n) is 24.6. The van der Waals surface area contributed by atoms with Crippen molar-refractivity contribution in [2.75, 3.05) is 80.9 Å². The molecule has 1 aliphatic rings. The highest BCUT2D eigenvalue weighted by Crippen LogP contribution is 2.31. The third kappa shape index (κ3) is 8.14. The van der Waals surface area contributed by atoms with Gasteiger partial charge in [-0.1, -0.05) is 31.2 Å². The highest BCUT2D eigenvalue weighted by atomic mass is 16.5. The summed E-state index contributed by atoms with van der Waals surface area (Å²) in [6, 6.07) is 21.0. The van der Waals surface area contributed by atoms with Crippen molar-refractivity contribution in [3.8, 4) is 5.75 Å². The SMILES string of the molecule is CCc1cccc(NC(=O)Nc2ccc(N3CCN(c4ccccc4OC)CC3)c(C(=O)NCCCN(C)C)c2)c1. The zero-order valence-corrected chi connectivity index (χ0v) is 24.6. The van der Waals surface area contributed by atoms with Crippen molar-refractivity contribution in [1.82, 2.24) is 10.2 Å². The number of hydrogen-bond acceptors (Lipinski definition) is 6. The predicted octanol–water partition coefficient (Wildman–Crippen LogP) is 4.91. The van der Waals surface area contributed by atoms with Gasteiger partial charge in [0.15, 0.2) is 0 Å². The molecule has 0 saturated carbocycles. The zero-order chi connectivity index (χ0) is 29.2. The molecule has 41 heavy (non-hydrogen) atoms. The Bertz CT molecular complexity index is 1320. The number of urea groups is 1. The molecule has 0 spiro atoms. The van der Waals surface area contributed by atoms with E-state index in [1.54, 1.807) is 13.2 Å². The molecule has 1 saturated heterocycles. The second-order valence-corrected chi connectivity index (χ2v) is 10.4. The van der Waals surface area contributed by atoms with Gasteiger partial charge in [0.1, 0.15) is 5.75 Å². The molecule has 3 aromatic carbocycles. The molecule has 9 nitrogen and oxygen atoms in total. The lowest BCUT2D eigenvalue weighted by atomic mass is 10.1. The van der Waals surface area contributed by atoms with Gasteiger partial charge >= 0.3 is 6.03 Å². The summed E-state index contributed by atoms with van der Waals surface area (Å²) in [6.45, 7) is 6.63. The first-order valence-corrected chi connectivity index (χ1v) is 14.2. The molecule has 0 bridgehead atoms. The van der Waals surface area contributed by atoms with E-state index in [0.29, 0.717) is 17.8 Å². The summed E-state index contributed by atoms with van der Waals surface area (Å²) in [7, 11) is 5.73. The molecule has 3 N–H and O–H groups in total. The number of anilines is 4. The number of benzene rings is 3. The van der Waals surface area contributed by atoms with Crippen LogP contribution in [-0.2, 0) is 6.42 Å². The van der Waals surface area contributed by atoms with Crippen LogP contribution in [-0.4, -0.2) is 77.3 Å². The highest BCUT2D eigenvalue weighted by Gasteiger charge is 2.24. The van der Waals surface area contributed by atoms with E-state index in [1.807, 2.05) is 68.7 Å². The summed E-state index contributed by atoms with van der Waals surface area (Å²) in [5, 5.41) is 8.86. The quantitative estimate of drug-likeness (QED) is 0.290. The van der Waals surface area contributed by atoms with E-state index >= 15 is 0 Å².